The van der Waals surface area contributed by atoms with Gasteiger partial charge in [-0.05, 0) is 31.0 Å². The van der Waals surface area contributed by atoms with E-state index in [-0.39, 0.29) is 0 Å². The lowest BCUT2D eigenvalue weighted by Gasteiger charge is -2.20. The minimum Gasteiger partial charge on any atom is -0.373 e. The second-order valence-corrected chi connectivity index (χ2v) is 5.06. The van der Waals surface area contributed by atoms with Gasteiger partial charge in [-0.3, -0.25) is 0 Å². The lowest BCUT2D eigenvalue weighted by Crippen LogP contribution is -2.30. The Morgan fingerprint density at radius 1 is 1.31 bits per heavy atom. The van der Waals surface area contributed by atoms with Crippen molar-refractivity contribution in [1.29, 1.82) is 0 Å². The molecular weight excluding hydrogens is 243 g/mol. The van der Waals surface area contributed by atoms with Crippen molar-refractivity contribution in [3.05, 3.63) is 28.2 Å². The van der Waals surface area contributed by atoms with E-state index in [1.807, 2.05) is 18.2 Å². The predicted octanol–water partition coefficient (Wildman–Crippen LogP) is 3.18. The molecule has 0 bridgehead atoms. The quantitative estimate of drug-likeness (QED) is 0.873. The zero-order chi connectivity index (χ0) is 11.5. The van der Waals surface area contributed by atoms with Crippen molar-refractivity contribution in [2.45, 2.75) is 18.9 Å². The monoisotopic (exact) mass is 258 g/mol. The highest BCUT2D eigenvalue weighted by molar-refractivity contribution is 6.42. The number of hydrogen-bond donors (Lipinski definition) is 1. The molecule has 1 N–H and O–H groups in total. The smallest absolute Gasteiger partial charge is 0.0612 e. The summed E-state index contributed by atoms with van der Waals surface area (Å²) in [4.78, 5) is 2.18. The number of nitrogens with one attached hydrogen (secondary N) is 1. The van der Waals surface area contributed by atoms with Gasteiger partial charge >= 0.3 is 0 Å². The average Bonchev–Trinajstić information content (AvgIpc) is 3.06. The summed E-state index contributed by atoms with van der Waals surface area (Å²) in [6.45, 7) is 2.00. The van der Waals surface area contributed by atoms with Crippen LogP contribution < -0.4 is 10.2 Å². The average molecular weight is 259 g/mol. The molecule has 0 unspecified atom stereocenters. The van der Waals surface area contributed by atoms with E-state index < -0.39 is 0 Å². The van der Waals surface area contributed by atoms with Crippen LogP contribution in [0.4, 0.5) is 5.69 Å². The fraction of sp³-hybridized carbons (Fsp3) is 0.500. The molecule has 1 saturated carbocycles. The van der Waals surface area contributed by atoms with Crippen LogP contribution in [-0.4, -0.2) is 26.2 Å². The number of benzene rings is 1. The molecule has 1 fully saturated rings. The van der Waals surface area contributed by atoms with Crippen molar-refractivity contribution in [1.82, 2.24) is 5.32 Å². The van der Waals surface area contributed by atoms with Crippen LogP contribution in [0.3, 0.4) is 0 Å². The summed E-state index contributed by atoms with van der Waals surface area (Å²) in [5.41, 5.74) is 1.10. The number of hydrogen-bond acceptors (Lipinski definition) is 2. The van der Waals surface area contributed by atoms with Crippen molar-refractivity contribution < 1.29 is 0 Å². The molecule has 0 spiro atoms. The van der Waals surface area contributed by atoms with Gasteiger partial charge in [0.15, 0.2) is 0 Å². The maximum atomic E-state index is 5.98. The summed E-state index contributed by atoms with van der Waals surface area (Å²) in [6, 6.07) is 6.50. The van der Waals surface area contributed by atoms with E-state index in [4.69, 9.17) is 23.2 Å². The van der Waals surface area contributed by atoms with Crippen molar-refractivity contribution in [2.75, 3.05) is 25.0 Å². The molecule has 0 radical (unpaired) electrons. The molecule has 1 aliphatic carbocycles. The van der Waals surface area contributed by atoms with E-state index in [9.17, 15) is 0 Å². The van der Waals surface area contributed by atoms with Crippen LogP contribution in [0.1, 0.15) is 12.8 Å². The Balaban J connectivity index is 1.86. The molecule has 16 heavy (non-hydrogen) atoms. The van der Waals surface area contributed by atoms with Crippen LogP contribution in [0.15, 0.2) is 18.2 Å². The van der Waals surface area contributed by atoms with E-state index in [2.05, 4.69) is 17.3 Å². The normalized spacial score (nSPS) is 15.2. The van der Waals surface area contributed by atoms with E-state index in [1.165, 1.54) is 12.8 Å². The van der Waals surface area contributed by atoms with Gasteiger partial charge in [-0.2, -0.15) is 0 Å². The van der Waals surface area contributed by atoms with Crippen LogP contribution in [0.25, 0.3) is 0 Å². The molecule has 0 atom stereocenters. The molecule has 1 aromatic carbocycles. The van der Waals surface area contributed by atoms with Gasteiger partial charge in [-0.15, -0.1) is 0 Å². The zero-order valence-electron chi connectivity index (χ0n) is 9.34. The van der Waals surface area contributed by atoms with E-state index in [0.717, 1.165) is 24.8 Å². The van der Waals surface area contributed by atoms with Gasteiger partial charge in [-0.25, -0.2) is 0 Å². The Bertz CT molecular complexity index is 364. The highest BCUT2D eigenvalue weighted by Gasteiger charge is 2.19. The van der Waals surface area contributed by atoms with Crippen LogP contribution >= 0.6 is 23.2 Å². The first kappa shape index (κ1) is 12.0. The predicted molar refractivity (Wildman–Crippen MR) is 70.8 cm³/mol. The van der Waals surface area contributed by atoms with Crippen LogP contribution in [0, 0.1) is 0 Å². The third-order valence-corrected chi connectivity index (χ3v) is 3.54. The number of halogens is 2. The largest absolute Gasteiger partial charge is 0.373 e. The SMILES string of the molecule is CN(CCNC1CC1)c1ccc(Cl)c(Cl)c1. The zero-order valence-corrected chi connectivity index (χ0v) is 10.9. The van der Waals surface area contributed by atoms with Gasteiger partial charge in [0.1, 0.15) is 0 Å². The second-order valence-electron chi connectivity index (χ2n) is 4.25. The second kappa shape index (κ2) is 5.26. The topological polar surface area (TPSA) is 15.3 Å². The highest BCUT2D eigenvalue weighted by Crippen LogP contribution is 2.26. The van der Waals surface area contributed by atoms with Gasteiger partial charge in [-0.1, -0.05) is 23.2 Å². The third kappa shape index (κ3) is 3.27. The van der Waals surface area contributed by atoms with E-state index in [1.54, 1.807) is 0 Å². The van der Waals surface area contributed by atoms with E-state index in [0.29, 0.717) is 10.0 Å². The molecule has 88 valence electrons. The number of likely N-dealkylation sites (N-methyl/N-ethyl adjacent to an activating group) is 1. The maximum Gasteiger partial charge on any atom is 0.0612 e. The molecule has 1 aromatic rings. The highest BCUT2D eigenvalue weighted by atomic mass is 35.5. The maximum absolute atomic E-state index is 5.98. The molecule has 0 heterocycles. The molecule has 0 aliphatic heterocycles. The van der Waals surface area contributed by atoms with Crippen molar-refractivity contribution >= 4 is 28.9 Å². The number of anilines is 1. The molecule has 0 aromatic heterocycles. The molecule has 0 amide bonds. The lowest BCUT2D eigenvalue weighted by molar-refractivity contribution is 0.675. The summed E-state index contributed by atoms with van der Waals surface area (Å²) < 4.78 is 0. The molecule has 1 aliphatic rings. The van der Waals surface area contributed by atoms with Gasteiger partial charge in [0, 0.05) is 31.9 Å². The van der Waals surface area contributed by atoms with Crippen molar-refractivity contribution in [3.63, 3.8) is 0 Å². The standard InChI is InChI=1S/C12H16Cl2N2/c1-16(7-6-15-9-2-3-9)10-4-5-11(13)12(14)8-10/h4-5,8-9,15H,2-3,6-7H2,1H3. The molecule has 2 nitrogen and oxygen atoms in total. The summed E-state index contributed by atoms with van der Waals surface area (Å²) in [5.74, 6) is 0. The van der Waals surface area contributed by atoms with Gasteiger partial charge < -0.3 is 10.2 Å². The van der Waals surface area contributed by atoms with Crippen LogP contribution in [0.2, 0.25) is 10.0 Å². The first-order chi connectivity index (χ1) is 7.66. The molecule has 0 saturated heterocycles. The summed E-state index contributed by atoms with van der Waals surface area (Å²) >= 11 is 11.9. The summed E-state index contributed by atoms with van der Waals surface area (Å²) in [5, 5.41) is 4.70. The summed E-state index contributed by atoms with van der Waals surface area (Å²) in [7, 11) is 2.06. The van der Waals surface area contributed by atoms with Crippen molar-refractivity contribution in [3.8, 4) is 0 Å². The van der Waals surface area contributed by atoms with E-state index >= 15 is 0 Å². The minimum absolute atomic E-state index is 0.606. The Morgan fingerprint density at radius 3 is 2.69 bits per heavy atom. The fourth-order valence-corrected chi connectivity index (χ4v) is 1.87. The fourth-order valence-electron chi connectivity index (χ4n) is 1.58. The van der Waals surface area contributed by atoms with Crippen molar-refractivity contribution in [2.24, 2.45) is 0 Å². The first-order valence-electron chi connectivity index (χ1n) is 5.56. The molecular formula is C12H16Cl2N2. The number of nitrogens with zero attached hydrogens (tertiary/aromatic N) is 1. The lowest BCUT2D eigenvalue weighted by atomic mass is 10.3. The Morgan fingerprint density at radius 2 is 2.06 bits per heavy atom. The third-order valence-electron chi connectivity index (χ3n) is 2.80. The number of rotatable bonds is 5. The van der Waals surface area contributed by atoms with Crippen LogP contribution in [-0.2, 0) is 0 Å². The Labute approximate surface area is 107 Å². The molecule has 2 rings (SSSR count). The van der Waals surface area contributed by atoms with Gasteiger partial charge in [0.2, 0.25) is 0 Å². The Hall–Kier alpha value is -0.440. The Kier molecular flexibility index (Phi) is 3.95. The first-order valence-corrected chi connectivity index (χ1v) is 6.32. The summed E-state index contributed by atoms with van der Waals surface area (Å²) in [6.07, 6.45) is 2.66. The minimum atomic E-state index is 0.606. The van der Waals surface area contributed by atoms with Gasteiger partial charge in [0.05, 0.1) is 10.0 Å². The molecule has 4 heteroatoms. The van der Waals surface area contributed by atoms with Crippen LogP contribution in [0.5, 0.6) is 0 Å². The van der Waals surface area contributed by atoms with Gasteiger partial charge in [0.25, 0.3) is 0 Å².